The summed E-state index contributed by atoms with van der Waals surface area (Å²) in [5.41, 5.74) is 4.57. The number of rotatable bonds is 0. The molecule has 2 unspecified atom stereocenters. The first-order valence-electron chi connectivity index (χ1n) is 5.84. The summed E-state index contributed by atoms with van der Waals surface area (Å²) in [6.45, 7) is 0. The highest BCUT2D eigenvalue weighted by Crippen LogP contribution is 2.44. The largest absolute Gasteiger partial charge is 0.299 e. The molecule has 2 aliphatic heterocycles. The fourth-order valence-corrected chi connectivity index (χ4v) is 4.07. The Morgan fingerprint density at radius 3 is 2.94 bits per heavy atom. The smallest absolute Gasteiger partial charge is 0.0681 e. The Hall–Kier alpha value is -1.12. The number of hydrogen-bond donors (Lipinski definition) is 1. The second-order valence-electron chi connectivity index (χ2n) is 4.63. The van der Waals surface area contributed by atoms with E-state index in [1.165, 1.54) is 28.8 Å². The van der Waals surface area contributed by atoms with Crippen molar-refractivity contribution in [2.75, 3.05) is 0 Å². The number of thiophene rings is 1. The van der Waals surface area contributed by atoms with Crippen LogP contribution in [0.4, 0.5) is 0 Å². The summed E-state index contributed by atoms with van der Waals surface area (Å²) in [6, 6.07) is 12.2. The summed E-state index contributed by atoms with van der Waals surface area (Å²) in [4.78, 5) is 1.53. The molecular formula is C14H13NS. The molecule has 0 saturated carbocycles. The Morgan fingerprint density at radius 2 is 2.00 bits per heavy atom. The first-order valence-corrected chi connectivity index (χ1v) is 6.72. The molecule has 2 atom stereocenters. The summed E-state index contributed by atoms with van der Waals surface area (Å²) in [5, 5.41) is 6.00. The lowest BCUT2D eigenvalue weighted by atomic mass is 9.93. The van der Waals surface area contributed by atoms with Crippen molar-refractivity contribution in [2.24, 2.45) is 0 Å². The average molecular weight is 227 g/mol. The van der Waals surface area contributed by atoms with Gasteiger partial charge in [-0.25, -0.2) is 0 Å². The summed E-state index contributed by atoms with van der Waals surface area (Å²) < 4.78 is 0. The van der Waals surface area contributed by atoms with Crippen LogP contribution in [0.5, 0.6) is 0 Å². The molecule has 16 heavy (non-hydrogen) atoms. The second-order valence-corrected chi connectivity index (χ2v) is 5.58. The van der Waals surface area contributed by atoms with Gasteiger partial charge in [-0.05, 0) is 41.0 Å². The van der Waals surface area contributed by atoms with Crippen LogP contribution in [0, 0.1) is 0 Å². The van der Waals surface area contributed by atoms with Gasteiger partial charge in [0.25, 0.3) is 0 Å². The molecule has 2 bridgehead atoms. The minimum absolute atomic E-state index is 0.457. The number of nitrogens with one attached hydrogen (secondary N) is 1. The van der Waals surface area contributed by atoms with E-state index < -0.39 is 0 Å². The van der Waals surface area contributed by atoms with Crippen molar-refractivity contribution in [1.29, 1.82) is 0 Å². The summed E-state index contributed by atoms with van der Waals surface area (Å²) in [7, 11) is 0. The van der Waals surface area contributed by atoms with Gasteiger partial charge in [-0.3, -0.25) is 5.32 Å². The number of aryl methyl sites for hydroxylation is 1. The van der Waals surface area contributed by atoms with Crippen molar-refractivity contribution in [3.63, 3.8) is 0 Å². The topological polar surface area (TPSA) is 12.0 Å². The van der Waals surface area contributed by atoms with E-state index in [0.29, 0.717) is 12.1 Å². The van der Waals surface area contributed by atoms with E-state index in [1.54, 1.807) is 5.56 Å². The van der Waals surface area contributed by atoms with E-state index in [9.17, 15) is 0 Å². The third kappa shape index (κ3) is 1.09. The van der Waals surface area contributed by atoms with Gasteiger partial charge in [-0.1, -0.05) is 24.3 Å². The fraction of sp³-hybridized carbons (Fsp3) is 0.286. The van der Waals surface area contributed by atoms with Gasteiger partial charge >= 0.3 is 0 Å². The van der Waals surface area contributed by atoms with Gasteiger partial charge in [0.1, 0.15) is 0 Å². The Bertz CT molecular complexity index is 543. The Kier molecular flexibility index (Phi) is 1.79. The zero-order valence-electron chi connectivity index (χ0n) is 8.94. The molecule has 1 aromatic carbocycles. The van der Waals surface area contributed by atoms with Crippen LogP contribution in [0.25, 0.3) is 0 Å². The van der Waals surface area contributed by atoms with Crippen molar-refractivity contribution in [1.82, 2.24) is 5.32 Å². The van der Waals surface area contributed by atoms with Gasteiger partial charge < -0.3 is 0 Å². The van der Waals surface area contributed by atoms with E-state index in [-0.39, 0.29) is 0 Å². The molecule has 0 radical (unpaired) electrons. The lowest BCUT2D eigenvalue weighted by molar-refractivity contribution is 0.531. The number of benzene rings is 1. The molecule has 2 heteroatoms. The van der Waals surface area contributed by atoms with Crippen molar-refractivity contribution in [2.45, 2.75) is 24.9 Å². The third-order valence-corrected chi connectivity index (χ3v) is 4.82. The Labute approximate surface area is 99.1 Å². The van der Waals surface area contributed by atoms with Crippen LogP contribution in [-0.2, 0) is 6.42 Å². The van der Waals surface area contributed by atoms with Crippen LogP contribution in [0.15, 0.2) is 35.7 Å². The second kappa shape index (κ2) is 3.19. The van der Waals surface area contributed by atoms with Gasteiger partial charge in [0.2, 0.25) is 0 Å². The molecule has 2 aliphatic rings. The number of fused-ring (bicyclic) bond motifs is 7. The van der Waals surface area contributed by atoms with E-state index >= 15 is 0 Å². The van der Waals surface area contributed by atoms with Gasteiger partial charge in [0, 0.05) is 10.9 Å². The van der Waals surface area contributed by atoms with Gasteiger partial charge in [0.15, 0.2) is 0 Å². The van der Waals surface area contributed by atoms with E-state index in [2.05, 4.69) is 41.0 Å². The maximum atomic E-state index is 3.77. The highest BCUT2D eigenvalue weighted by molar-refractivity contribution is 7.10. The highest BCUT2D eigenvalue weighted by Gasteiger charge is 2.34. The zero-order valence-corrected chi connectivity index (χ0v) is 9.76. The maximum Gasteiger partial charge on any atom is 0.0681 e. The van der Waals surface area contributed by atoms with Gasteiger partial charge in [-0.2, -0.15) is 0 Å². The SMILES string of the molecule is c1ccc2c(c1)C1CCc3ccsc3C2N1. The Balaban J connectivity index is 1.96. The van der Waals surface area contributed by atoms with Crippen LogP contribution < -0.4 is 5.32 Å². The molecule has 2 aromatic rings. The highest BCUT2D eigenvalue weighted by atomic mass is 32.1. The molecule has 80 valence electrons. The molecular weight excluding hydrogens is 214 g/mol. The van der Waals surface area contributed by atoms with Gasteiger partial charge in [-0.15, -0.1) is 11.3 Å². The molecule has 0 aliphatic carbocycles. The van der Waals surface area contributed by atoms with Crippen LogP contribution in [0.1, 0.15) is 40.1 Å². The monoisotopic (exact) mass is 227 g/mol. The minimum atomic E-state index is 0.457. The van der Waals surface area contributed by atoms with Crippen LogP contribution in [0.2, 0.25) is 0 Å². The predicted molar refractivity (Wildman–Crippen MR) is 66.8 cm³/mol. The first-order chi connectivity index (χ1) is 7.93. The molecule has 0 saturated heterocycles. The summed E-state index contributed by atoms with van der Waals surface area (Å²) in [6.07, 6.45) is 2.46. The molecule has 1 nitrogen and oxygen atoms in total. The van der Waals surface area contributed by atoms with E-state index in [0.717, 1.165) is 0 Å². The quantitative estimate of drug-likeness (QED) is 0.727. The maximum absolute atomic E-state index is 3.77. The molecule has 0 fully saturated rings. The van der Waals surface area contributed by atoms with Crippen LogP contribution >= 0.6 is 11.3 Å². The molecule has 1 N–H and O–H groups in total. The normalized spacial score (nSPS) is 26.0. The minimum Gasteiger partial charge on any atom is -0.299 e. The van der Waals surface area contributed by atoms with E-state index in [4.69, 9.17) is 0 Å². The Morgan fingerprint density at radius 1 is 1.12 bits per heavy atom. The standard InChI is InChI=1S/C14H13NS/c1-2-4-11-10(3-1)12-6-5-9-7-8-16-14(9)13(11)15-12/h1-4,7-8,12-13,15H,5-6H2. The molecule has 0 amide bonds. The lowest BCUT2D eigenvalue weighted by Crippen LogP contribution is -2.15. The molecule has 3 heterocycles. The fourth-order valence-electron chi connectivity index (χ4n) is 3.03. The molecule has 1 aromatic heterocycles. The molecule has 4 rings (SSSR count). The lowest BCUT2D eigenvalue weighted by Gasteiger charge is -2.11. The van der Waals surface area contributed by atoms with Crippen LogP contribution in [-0.4, -0.2) is 0 Å². The zero-order chi connectivity index (χ0) is 10.5. The van der Waals surface area contributed by atoms with E-state index in [1.807, 2.05) is 11.3 Å². The summed E-state index contributed by atoms with van der Waals surface area (Å²) >= 11 is 1.90. The number of hydrogen-bond acceptors (Lipinski definition) is 2. The van der Waals surface area contributed by atoms with Crippen molar-refractivity contribution in [3.8, 4) is 0 Å². The predicted octanol–water partition coefficient (Wildman–Crippen LogP) is 3.43. The first kappa shape index (κ1) is 8.97. The molecule has 0 spiro atoms. The average Bonchev–Trinajstić information content (AvgIpc) is 2.85. The summed E-state index contributed by atoms with van der Waals surface area (Å²) in [5.74, 6) is 0. The van der Waals surface area contributed by atoms with Crippen LogP contribution in [0.3, 0.4) is 0 Å². The van der Waals surface area contributed by atoms with Crippen molar-refractivity contribution >= 4 is 11.3 Å². The van der Waals surface area contributed by atoms with Crippen molar-refractivity contribution < 1.29 is 0 Å². The van der Waals surface area contributed by atoms with Crippen molar-refractivity contribution in [3.05, 3.63) is 57.3 Å². The third-order valence-electron chi connectivity index (χ3n) is 3.80. The van der Waals surface area contributed by atoms with Gasteiger partial charge in [0.05, 0.1) is 6.04 Å².